The molecule has 0 aliphatic carbocycles. The Morgan fingerprint density at radius 3 is 1.48 bits per heavy atom. The molecule has 5 nitrogen and oxygen atoms in total. The number of fused-ring (bicyclic) bond motifs is 3. The first-order valence-electron chi connectivity index (χ1n) is 22.0. The summed E-state index contributed by atoms with van der Waals surface area (Å²) in [7, 11) is 1.67. The lowest BCUT2D eigenvalue weighted by Crippen LogP contribution is -1.92. The smallest absolute Gasteiger partial charge is 0.231 e. The second-order valence-electron chi connectivity index (χ2n) is 16.5. The van der Waals surface area contributed by atoms with Crippen LogP contribution in [0, 0.1) is 76.2 Å². The molecular weight excluding hydrogens is 824 g/mol. The average molecular weight is 892 g/mol. The number of methoxy groups -OCH3 is 1. The Balaban J connectivity index is 0.000000166. The molecule has 1 aromatic heterocycles. The predicted molar refractivity (Wildman–Crippen MR) is 274 cm³/mol. The van der Waals surface area contributed by atoms with E-state index in [1.54, 1.807) is 13.4 Å². The molecule has 0 fully saturated rings. The van der Waals surface area contributed by atoms with E-state index in [0.29, 0.717) is 6.79 Å². The van der Waals surface area contributed by atoms with Crippen LogP contribution in [0.2, 0.25) is 5.02 Å². The van der Waals surface area contributed by atoms with Gasteiger partial charge in [-0.15, -0.1) is 0 Å². The first-order valence-corrected chi connectivity index (χ1v) is 22.4. The number of halogens is 1. The SMILES string of the molecule is COc1ccc(C)cc1.Cc1cc(C)c(C)c(C)c1.Cc1ccc(C)cc1.Cc1ccc(Cl)cc1.Cc1ccc2c(c1)CCO2.Cc1ccc2c(c1)OCO2.Cc1ccc2occc2c1. The van der Waals surface area contributed by atoms with E-state index < -0.39 is 0 Å². The van der Waals surface area contributed by atoms with E-state index in [1.807, 2.05) is 98.8 Å². The van der Waals surface area contributed by atoms with E-state index in [2.05, 4.69) is 123 Å². The first-order chi connectivity index (χ1) is 31.1. The fourth-order valence-corrected chi connectivity index (χ4v) is 6.63. The highest BCUT2D eigenvalue weighted by Crippen LogP contribution is 2.32. The average Bonchev–Trinajstić information content (AvgIpc) is 4.08. The van der Waals surface area contributed by atoms with Gasteiger partial charge in [0.1, 0.15) is 17.1 Å². The van der Waals surface area contributed by atoms with E-state index in [0.717, 1.165) is 46.6 Å². The highest BCUT2D eigenvalue weighted by Gasteiger charge is 2.11. The molecule has 2 aliphatic heterocycles. The van der Waals surface area contributed by atoms with E-state index in [4.69, 9.17) is 35.0 Å². The van der Waals surface area contributed by atoms with Crippen LogP contribution in [-0.4, -0.2) is 20.5 Å². The van der Waals surface area contributed by atoms with Crippen LogP contribution in [0.3, 0.4) is 0 Å². The number of benzene rings is 7. The number of hydrogen-bond acceptors (Lipinski definition) is 5. The van der Waals surface area contributed by atoms with Crippen molar-refractivity contribution in [3.05, 3.63) is 224 Å². The first kappa shape index (κ1) is 51.2. The Bertz CT molecular complexity index is 2480. The molecule has 0 spiro atoms. The lowest BCUT2D eigenvalue weighted by atomic mass is 10.0. The van der Waals surface area contributed by atoms with E-state index >= 15 is 0 Å². The monoisotopic (exact) mass is 890 g/mol. The molecule has 0 amide bonds. The van der Waals surface area contributed by atoms with Gasteiger partial charge in [-0.2, -0.15) is 0 Å². The van der Waals surface area contributed by atoms with Gasteiger partial charge in [0, 0.05) is 16.8 Å². The van der Waals surface area contributed by atoms with Crippen LogP contribution in [0.25, 0.3) is 11.0 Å². The van der Waals surface area contributed by atoms with Gasteiger partial charge in [0.25, 0.3) is 0 Å². The van der Waals surface area contributed by atoms with Crippen LogP contribution < -0.4 is 18.9 Å². The molecule has 0 saturated carbocycles. The van der Waals surface area contributed by atoms with Crippen molar-refractivity contribution < 1.29 is 23.4 Å². The Morgan fingerprint density at radius 2 is 0.908 bits per heavy atom. The van der Waals surface area contributed by atoms with Gasteiger partial charge in [-0.05, 0) is 165 Å². The summed E-state index contributed by atoms with van der Waals surface area (Å²) in [5.74, 6) is 3.71. The molecule has 65 heavy (non-hydrogen) atoms. The highest BCUT2D eigenvalue weighted by atomic mass is 35.5. The zero-order valence-electron chi connectivity index (χ0n) is 40.5. The summed E-state index contributed by atoms with van der Waals surface area (Å²) in [6.07, 6.45) is 2.79. The molecule has 6 heteroatoms. The van der Waals surface area contributed by atoms with Crippen LogP contribution >= 0.6 is 11.6 Å². The number of ether oxygens (including phenoxy) is 4. The minimum Gasteiger partial charge on any atom is -0.497 e. The van der Waals surface area contributed by atoms with Crippen LogP contribution in [0.15, 0.2) is 156 Å². The van der Waals surface area contributed by atoms with Crippen molar-refractivity contribution in [2.45, 2.75) is 82.6 Å². The van der Waals surface area contributed by atoms with Gasteiger partial charge in [0.15, 0.2) is 11.5 Å². The lowest BCUT2D eigenvalue weighted by molar-refractivity contribution is 0.174. The normalized spacial score (nSPS) is 11.0. The fraction of sp³-hybridized carbons (Fsp3) is 0.254. The molecule has 0 radical (unpaired) electrons. The number of rotatable bonds is 1. The van der Waals surface area contributed by atoms with Gasteiger partial charge in [-0.1, -0.05) is 135 Å². The molecule has 0 unspecified atom stereocenters. The van der Waals surface area contributed by atoms with Gasteiger partial charge in [-0.25, -0.2) is 0 Å². The maximum atomic E-state index is 5.61. The van der Waals surface area contributed by atoms with Crippen molar-refractivity contribution >= 4 is 22.6 Å². The summed E-state index contributed by atoms with van der Waals surface area (Å²) in [5, 5.41) is 1.98. The third-order valence-corrected chi connectivity index (χ3v) is 10.8. The van der Waals surface area contributed by atoms with E-state index in [9.17, 15) is 0 Å². The third kappa shape index (κ3) is 18.3. The summed E-state index contributed by atoms with van der Waals surface area (Å²) in [5.41, 5.74) is 16.9. The van der Waals surface area contributed by atoms with Crippen molar-refractivity contribution in [3.63, 3.8) is 0 Å². The number of aryl methyl sites for hydroxylation is 10. The highest BCUT2D eigenvalue weighted by molar-refractivity contribution is 6.30. The van der Waals surface area contributed by atoms with Crippen molar-refractivity contribution in [3.8, 4) is 23.0 Å². The molecule has 3 heterocycles. The van der Waals surface area contributed by atoms with Crippen LogP contribution in [-0.2, 0) is 6.42 Å². The van der Waals surface area contributed by atoms with Gasteiger partial charge in [0.05, 0.1) is 20.0 Å². The third-order valence-electron chi connectivity index (χ3n) is 10.5. The van der Waals surface area contributed by atoms with Crippen LogP contribution in [0.5, 0.6) is 23.0 Å². The standard InChI is InChI=1S/C10H14.C9H10O.C9H8O.C8H8O2.C8H10O.C8H10.C7H7Cl/c1-7-5-8(2)10(4)9(3)6-7;2*1-7-2-3-9-8(6-7)4-5-10-9;1-6-2-3-7-8(4-6)10-5-9-7;1-7-3-5-8(9-2)6-4-7;1-7-3-5-8(2)6-4-7;1-6-2-4-7(8)5-3-6/h5-6H,1-4H3;2-3,6H,4-5H2,1H3;2-6H,1H3;2-4H,5H2,1H3;3-6H,1-2H3;3-6H,1-2H3;2-5H,1H3. The van der Waals surface area contributed by atoms with Gasteiger partial charge >= 0.3 is 0 Å². The number of furan rings is 1. The molecule has 0 N–H and O–H groups in total. The van der Waals surface area contributed by atoms with E-state index in [1.165, 1.54) is 72.1 Å². The van der Waals surface area contributed by atoms with Crippen molar-refractivity contribution in [1.82, 2.24) is 0 Å². The van der Waals surface area contributed by atoms with Gasteiger partial charge in [-0.3, -0.25) is 0 Å². The summed E-state index contributed by atoms with van der Waals surface area (Å²) in [4.78, 5) is 0. The van der Waals surface area contributed by atoms with Gasteiger partial charge in [0.2, 0.25) is 6.79 Å². The summed E-state index contributed by atoms with van der Waals surface area (Å²) >= 11 is 5.61. The van der Waals surface area contributed by atoms with Crippen LogP contribution in [0.4, 0.5) is 0 Å². The Hall–Kier alpha value is -6.43. The number of hydrogen-bond donors (Lipinski definition) is 0. The van der Waals surface area contributed by atoms with Crippen molar-refractivity contribution in [2.75, 3.05) is 20.5 Å². The molecule has 2 aliphatic rings. The van der Waals surface area contributed by atoms with Crippen molar-refractivity contribution in [2.24, 2.45) is 0 Å². The predicted octanol–water partition coefficient (Wildman–Crippen LogP) is 16.3. The molecular formula is C59H67ClO5. The Labute approximate surface area is 394 Å². The second-order valence-corrected chi connectivity index (χ2v) is 17.0. The van der Waals surface area contributed by atoms with Gasteiger partial charge < -0.3 is 23.4 Å². The minimum absolute atomic E-state index is 0.360. The van der Waals surface area contributed by atoms with Crippen molar-refractivity contribution in [1.29, 1.82) is 0 Å². The topological polar surface area (TPSA) is 50.1 Å². The fourth-order valence-electron chi connectivity index (χ4n) is 6.50. The molecule has 7 aromatic carbocycles. The maximum Gasteiger partial charge on any atom is 0.231 e. The second kappa shape index (κ2) is 26.4. The maximum absolute atomic E-state index is 5.61. The lowest BCUT2D eigenvalue weighted by Gasteiger charge is -2.04. The summed E-state index contributed by atoms with van der Waals surface area (Å²) in [6, 6.07) is 49.0. The Kier molecular flexibility index (Phi) is 20.8. The van der Waals surface area contributed by atoms with Crippen LogP contribution in [0.1, 0.15) is 66.8 Å². The van der Waals surface area contributed by atoms with E-state index in [-0.39, 0.29) is 0 Å². The molecule has 8 aromatic rings. The quantitative estimate of drug-likeness (QED) is 0.164. The molecule has 0 saturated heterocycles. The molecule has 0 bridgehead atoms. The molecule has 340 valence electrons. The zero-order valence-corrected chi connectivity index (χ0v) is 41.2. The molecule has 0 atom stereocenters. The molecule has 10 rings (SSSR count). The minimum atomic E-state index is 0.360. The zero-order chi connectivity index (χ0) is 47.3. The summed E-state index contributed by atoms with van der Waals surface area (Å²) < 4.78 is 25.8. The largest absolute Gasteiger partial charge is 0.497 e. The summed E-state index contributed by atoms with van der Waals surface area (Å²) in [6.45, 7) is 24.4. The Morgan fingerprint density at radius 1 is 0.431 bits per heavy atom.